The van der Waals surface area contributed by atoms with Crippen molar-refractivity contribution in [2.45, 2.75) is 64.3 Å². The van der Waals surface area contributed by atoms with Crippen molar-refractivity contribution in [3.05, 3.63) is 35.6 Å². The summed E-state index contributed by atoms with van der Waals surface area (Å²) in [6, 6.07) is 9.40. The molecule has 2 unspecified atom stereocenters. The summed E-state index contributed by atoms with van der Waals surface area (Å²) in [7, 11) is 0. The highest BCUT2D eigenvalue weighted by Gasteiger charge is 2.23. The normalized spacial score (nSPS) is 23.3. The van der Waals surface area contributed by atoms with Gasteiger partial charge in [-0.3, -0.25) is 0 Å². The Labute approximate surface area is 127 Å². The van der Waals surface area contributed by atoms with E-state index in [-0.39, 0.29) is 0 Å². The van der Waals surface area contributed by atoms with E-state index < -0.39 is 0 Å². The number of aryl methyl sites for hydroxylation is 1. The van der Waals surface area contributed by atoms with E-state index in [9.17, 15) is 0 Å². The molecule has 0 amide bonds. The van der Waals surface area contributed by atoms with Gasteiger partial charge < -0.3 is 9.73 Å². The van der Waals surface area contributed by atoms with E-state index in [0.29, 0.717) is 12.0 Å². The average molecular weight is 285 g/mol. The van der Waals surface area contributed by atoms with E-state index in [1.807, 2.05) is 0 Å². The fourth-order valence-electron chi connectivity index (χ4n) is 3.54. The first-order valence-electron chi connectivity index (χ1n) is 8.49. The molecule has 1 aromatic heterocycles. The fourth-order valence-corrected chi connectivity index (χ4v) is 3.54. The van der Waals surface area contributed by atoms with Crippen LogP contribution in [0.15, 0.2) is 28.7 Å². The number of hydrogen-bond donors (Lipinski definition) is 1. The van der Waals surface area contributed by atoms with Gasteiger partial charge in [-0.15, -0.1) is 0 Å². The Morgan fingerprint density at radius 3 is 2.90 bits per heavy atom. The Kier molecular flexibility index (Phi) is 4.64. The summed E-state index contributed by atoms with van der Waals surface area (Å²) in [5.41, 5.74) is 2.34. The molecular weight excluding hydrogens is 258 g/mol. The molecule has 0 bridgehead atoms. The first-order chi connectivity index (χ1) is 10.3. The zero-order valence-electron chi connectivity index (χ0n) is 13.3. The molecule has 1 fully saturated rings. The van der Waals surface area contributed by atoms with Gasteiger partial charge >= 0.3 is 0 Å². The number of furan rings is 1. The predicted molar refractivity (Wildman–Crippen MR) is 88.9 cm³/mol. The molecule has 21 heavy (non-hydrogen) atoms. The van der Waals surface area contributed by atoms with E-state index in [2.05, 4.69) is 43.4 Å². The molecule has 1 heterocycles. The Morgan fingerprint density at radius 1 is 1.19 bits per heavy atom. The Bertz CT molecular complexity index is 586. The van der Waals surface area contributed by atoms with Gasteiger partial charge in [-0.2, -0.15) is 0 Å². The van der Waals surface area contributed by atoms with Crippen LogP contribution in [0.3, 0.4) is 0 Å². The third-order valence-electron chi connectivity index (χ3n) is 4.70. The fraction of sp³-hybridized carbons (Fsp3) is 0.579. The molecule has 2 nitrogen and oxygen atoms in total. The van der Waals surface area contributed by atoms with Gasteiger partial charge in [0.15, 0.2) is 0 Å². The van der Waals surface area contributed by atoms with Gasteiger partial charge in [0.05, 0.1) is 0 Å². The van der Waals surface area contributed by atoms with Crippen molar-refractivity contribution in [1.29, 1.82) is 0 Å². The van der Waals surface area contributed by atoms with Gasteiger partial charge in [0.25, 0.3) is 0 Å². The molecule has 114 valence electrons. The lowest BCUT2D eigenvalue weighted by Crippen LogP contribution is -2.30. The van der Waals surface area contributed by atoms with Crippen LogP contribution in [0.4, 0.5) is 0 Å². The van der Waals surface area contributed by atoms with Gasteiger partial charge in [0.1, 0.15) is 11.3 Å². The standard InChI is InChI=1S/C19H27NO/c1-3-10-20-17-7-5-4-6-15(12-17)19-13-16-11-14(2)8-9-18(16)21-19/h8-9,11,13,15,17,20H,3-7,10,12H2,1-2H3. The number of nitrogens with one attached hydrogen (secondary N) is 1. The summed E-state index contributed by atoms with van der Waals surface area (Å²) in [5, 5.41) is 4.97. The van der Waals surface area contributed by atoms with Crippen LogP contribution in [0.2, 0.25) is 0 Å². The molecule has 0 aliphatic heterocycles. The highest BCUT2D eigenvalue weighted by molar-refractivity contribution is 5.78. The number of hydrogen-bond acceptors (Lipinski definition) is 2. The largest absolute Gasteiger partial charge is 0.461 e. The molecule has 0 spiro atoms. The van der Waals surface area contributed by atoms with Gasteiger partial charge in [0.2, 0.25) is 0 Å². The Morgan fingerprint density at radius 2 is 2.05 bits per heavy atom. The number of fused-ring (bicyclic) bond motifs is 1. The topological polar surface area (TPSA) is 25.2 Å². The summed E-state index contributed by atoms with van der Waals surface area (Å²) >= 11 is 0. The van der Waals surface area contributed by atoms with Crippen molar-refractivity contribution in [2.24, 2.45) is 0 Å². The minimum absolute atomic E-state index is 0.578. The van der Waals surface area contributed by atoms with Crippen LogP contribution >= 0.6 is 0 Å². The van der Waals surface area contributed by atoms with Crippen molar-refractivity contribution >= 4 is 11.0 Å². The van der Waals surface area contributed by atoms with Crippen LogP contribution < -0.4 is 5.32 Å². The van der Waals surface area contributed by atoms with Crippen LogP contribution in [0.5, 0.6) is 0 Å². The second-order valence-electron chi connectivity index (χ2n) is 6.56. The van der Waals surface area contributed by atoms with E-state index in [1.165, 1.54) is 55.2 Å². The van der Waals surface area contributed by atoms with E-state index >= 15 is 0 Å². The first-order valence-corrected chi connectivity index (χ1v) is 8.49. The zero-order chi connectivity index (χ0) is 14.7. The zero-order valence-corrected chi connectivity index (χ0v) is 13.3. The van der Waals surface area contributed by atoms with Crippen LogP contribution in [0, 0.1) is 6.92 Å². The second kappa shape index (κ2) is 6.65. The summed E-state index contributed by atoms with van der Waals surface area (Å²) in [5.74, 6) is 1.77. The monoisotopic (exact) mass is 285 g/mol. The van der Waals surface area contributed by atoms with E-state index in [0.717, 1.165) is 12.1 Å². The lowest BCUT2D eigenvalue weighted by atomic mass is 9.95. The molecule has 1 aromatic carbocycles. The van der Waals surface area contributed by atoms with Crippen molar-refractivity contribution in [1.82, 2.24) is 5.32 Å². The summed E-state index contributed by atoms with van der Waals surface area (Å²) in [6.45, 7) is 5.52. The van der Waals surface area contributed by atoms with Crippen molar-refractivity contribution in [3.8, 4) is 0 Å². The molecule has 0 saturated heterocycles. The number of rotatable bonds is 4. The molecule has 2 atom stereocenters. The molecule has 1 saturated carbocycles. The maximum Gasteiger partial charge on any atom is 0.134 e. The van der Waals surface area contributed by atoms with Crippen LogP contribution in [-0.2, 0) is 0 Å². The lowest BCUT2D eigenvalue weighted by Gasteiger charge is -2.19. The maximum atomic E-state index is 6.14. The minimum Gasteiger partial charge on any atom is -0.461 e. The third-order valence-corrected chi connectivity index (χ3v) is 4.70. The van der Waals surface area contributed by atoms with Crippen molar-refractivity contribution < 1.29 is 4.42 Å². The molecule has 2 aromatic rings. The predicted octanol–water partition coefficient (Wildman–Crippen LogP) is 5.16. The van der Waals surface area contributed by atoms with Crippen molar-refractivity contribution in [3.63, 3.8) is 0 Å². The summed E-state index contributed by atoms with van der Waals surface area (Å²) in [4.78, 5) is 0. The quantitative estimate of drug-likeness (QED) is 0.785. The molecular formula is C19H27NO. The minimum atomic E-state index is 0.578. The smallest absolute Gasteiger partial charge is 0.134 e. The van der Waals surface area contributed by atoms with Gasteiger partial charge in [-0.05, 0) is 57.4 Å². The maximum absolute atomic E-state index is 6.14. The average Bonchev–Trinajstić information content (AvgIpc) is 2.75. The third kappa shape index (κ3) is 3.49. The summed E-state index contributed by atoms with van der Waals surface area (Å²) < 4.78 is 6.14. The molecule has 2 heteroatoms. The van der Waals surface area contributed by atoms with Crippen LogP contribution in [0.25, 0.3) is 11.0 Å². The second-order valence-corrected chi connectivity index (χ2v) is 6.56. The number of benzene rings is 1. The van der Waals surface area contributed by atoms with Gasteiger partial charge in [-0.1, -0.05) is 31.4 Å². The van der Waals surface area contributed by atoms with Crippen molar-refractivity contribution in [2.75, 3.05) is 6.54 Å². The van der Waals surface area contributed by atoms with Crippen LogP contribution in [-0.4, -0.2) is 12.6 Å². The first kappa shape index (κ1) is 14.6. The lowest BCUT2D eigenvalue weighted by molar-refractivity contribution is 0.402. The van der Waals surface area contributed by atoms with Gasteiger partial charge in [0, 0.05) is 17.3 Å². The van der Waals surface area contributed by atoms with Crippen LogP contribution in [0.1, 0.15) is 62.7 Å². The highest BCUT2D eigenvalue weighted by atomic mass is 16.3. The Balaban J connectivity index is 1.79. The van der Waals surface area contributed by atoms with E-state index in [1.54, 1.807) is 0 Å². The Hall–Kier alpha value is -1.28. The highest BCUT2D eigenvalue weighted by Crippen LogP contribution is 2.35. The summed E-state index contributed by atoms with van der Waals surface area (Å²) in [6.07, 6.45) is 7.69. The van der Waals surface area contributed by atoms with Gasteiger partial charge in [-0.25, -0.2) is 0 Å². The molecule has 1 N–H and O–H groups in total. The SMILES string of the molecule is CCCNC1CCCCC(c2cc3cc(C)ccc3o2)C1. The molecule has 0 radical (unpaired) electrons. The molecule has 1 aliphatic rings. The van der Waals surface area contributed by atoms with E-state index in [4.69, 9.17) is 4.42 Å². The molecule has 3 rings (SSSR count). The molecule has 1 aliphatic carbocycles.